The molecule has 0 spiro atoms. The number of rotatable bonds is 7. The fourth-order valence-corrected chi connectivity index (χ4v) is 43.8. The normalized spacial score (nSPS) is 16.8. The Hall–Kier alpha value is -1.63. The van der Waals surface area contributed by atoms with Crippen molar-refractivity contribution in [2.45, 2.75) is 45.5 Å². The first kappa shape index (κ1) is 31.3. The van der Waals surface area contributed by atoms with Gasteiger partial charge in [0.05, 0.1) is 0 Å². The topological polar surface area (TPSA) is 0 Å². The smallest absolute Gasteiger partial charge is 1.00 e. The molecule has 2 atom stereocenters. The van der Waals surface area contributed by atoms with E-state index >= 15 is 0 Å². The van der Waals surface area contributed by atoms with Crippen molar-refractivity contribution < 1.29 is 44.1 Å². The number of fused-ring (bicyclic) bond motifs is 2. The van der Waals surface area contributed by atoms with Gasteiger partial charge < -0.3 is 24.8 Å². The molecule has 0 bridgehead atoms. The van der Waals surface area contributed by atoms with Crippen LogP contribution in [0.3, 0.4) is 0 Å². The largest absolute Gasteiger partial charge is 1.00 e. The Morgan fingerprint density at radius 1 is 0.550 bits per heavy atom. The van der Waals surface area contributed by atoms with E-state index in [-0.39, 0.29) is 24.8 Å². The van der Waals surface area contributed by atoms with Gasteiger partial charge in [-0.05, 0) is 0 Å². The molecule has 0 aliphatic heterocycles. The van der Waals surface area contributed by atoms with Gasteiger partial charge in [-0.3, -0.25) is 0 Å². The monoisotopic (exact) mass is 703 g/mol. The molecule has 0 aromatic heterocycles. The second kappa shape index (κ2) is 13.6. The van der Waals surface area contributed by atoms with Crippen LogP contribution in [0.2, 0.25) is 11.5 Å². The standard InChI is InChI=1S/2C17H15.C2H7Ge.2ClH.Zr/c2*1-2-13-11-15-9-6-10-16(17(15)12-13)14-7-4-3-5-8-14;1-3-2;;;/h2*3-12H,2H2,1H3;3H,1-2H3;2*1H;/q;;;;;+2/p-2. The molecule has 203 valence electrons. The van der Waals surface area contributed by atoms with E-state index < -0.39 is 29.8 Å². The Bertz CT molecular complexity index is 1410. The summed E-state index contributed by atoms with van der Waals surface area (Å²) in [5.41, 5.74) is 15.3. The van der Waals surface area contributed by atoms with Gasteiger partial charge in [-0.1, -0.05) is 0 Å². The Morgan fingerprint density at radius 2 is 0.950 bits per heavy atom. The number of allylic oxidation sites excluding steroid dienone is 2. The van der Waals surface area contributed by atoms with Crippen molar-refractivity contribution in [2.24, 2.45) is 0 Å². The van der Waals surface area contributed by atoms with Crippen LogP contribution in [0, 0.1) is 0 Å². The molecule has 2 aliphatic carbocycles. The molecule has 4 heteroatoms. The van der Waals surface area contributed by atoms with Crippen LogP contribution in [-0.2, 0) is 19.2 Å². The predicted molar refractivity (Wildman–Crippen MR) is 165 cm³/mol. The Labute approximate surface area is 262 Å². The SMILES string of the molecule is CCC1=Cc2c(-c3ccccc3)cccc2[CH]1[Zr+2]([CH]1C(CC)=Cc2c(-c3ccccc3)cccc21)[GeH]([CH3])[CH3].[Cl-].[Cl-]. The molecule has 2 aliphatic rings. The molecule has 40 heavy (non-hydrogen) atoms. The summed E-state index contributed by atoms with van der Waals surface area (Å²) in [5.74, 6) is 5.45. The summed E-state index contributed by atoms with van der Waals surface area (Å²) >= 11 is -2.01. The summed E-state index contributed by atoms with van der Waals surface area (Å²) < 4.78 is 1.43. The van der Waals surface area contributed by atoms with E-state index in [0.717, 1.165) is 0 Å². The fraction of sp³-hybridized carbons (Fsp3) is 0.222. The van der Waals surface area contributed by atoms with Crippen molar-refractivity contribution in [3.05, 3.63) is 130 Å². The maximum absolute atomic E-state index is 2.72. The van der Waals surface area contributed by atoms with Crippen LogP contribution < -0.4 is 24.8 Å². The summed E-state index contributed by atoms with van der Waals surface area (Å²) in [7, 11) is -1.45. The van der Waals surface area contributed by atoms with E-state index in [0.29, 0.717) is 7.25 Å². The molecule has 6 rings (SSSR count). The van der Waals surface area contributed by atoms with Gasteiger partial charge in [-0.15, -0.1) is 0 Å². The first-order valence-corrected chi connectivity index (χ1v) is 30.5. The van der Waals surface area contributed by atoms with Crippen LogP contribution in [-0.4, -0.2) is 10.6 Å². The Kier molecular flexibility index (Phi) is 10.6. The van der Waals surface area contributed by atoms with Crippen molar-refractivity contribution in [3.63, 3.8) is 0 Å². The van der Waals surface area contributed by atoms with Crippen molar-refractivity contribution >= 4 is 22.7 Å². The molecular formula is C36H37Cl2GeZr. The molecule has 0 nitrogen and oxygen atoms in total. The number of halogens is 2. The minimum atomic E-state index is -2.01. The third-order valence-corrected chi connectivity index (χ3v) is 43.4. The molecule has 0 radical (unpaired) electrons. The third kappa shape index (κ3) is 5.57. The molecule has 4 aromatic carbocycles. The molecular weight excluding hydrogens is 667 g/mol. The van der Waals surface area contributed by atoms with Crippen LogP contribution in [0.1, 0.15) is 56.2 Å². The molecule has 0 N–H and O–H groups in total. The van der Waals surface area contributed by atoms with E-state index in [2.05, 4.69) is 135 Å². The average Bonchev–Trinajstić information content (AvgIpc) is 3.52. The minimum Gasteiger partial charge on any atom is -1.00 e. The van der Waals surface area contributed by atoms with Crippen molar-refractivity contribution in [1.29, 1.82) is 0 Å². The van der Waals surface area contributed by atoms with Gasteiger partial charge in [0.15, 0.2) is 0 Å². The molecule has 4 aromatic rings. The summed E-state index contributed by atoms with van der Waals surface area (Å²) in [4.78, 5) is 0. The minimum absolute atomic E-state index is 0. The molecule has 0 fully saturated rings. The summed E-state index contributed by atoms with van der Waals surface area (Å²) in [6.45, 7) is 4.79. The zero-order chi connectivity index (χ0) is 26.2. The van der Waals surface area contributed by atoms with Gasteiger partial charge in [-0.25, -0.2) is 0 Å². The van der Waals surface area contributed by atoms with Gasteiger partial charge in [0, 0.05) is 0 Å². The van der Waals surface area contributed by atoms with Gasteiger partial charge in [0.1, 0.15) is 0 Å². The maximum Gasteiger partial charge on any atom is -1.00 e. The second-order valence-electron chi connectivity index (χ2n) is 11.0. The number of benzene rings is 4. The first-order chi connectivity index (χ1) is 18.6. The van der Waals surface area contributed by atoms with Crippen LogP contribution in [0.25, 0.3) is 34.4 Å². The van der Waals surface area contributed by atoms with E-state index in [1.807, 2.05) is 0 Å². The Morgan fingerprint density at radius 3 is 1.30 bits per heavy atom. The molecule has 0 heterocycles. The van der Waals surface area contributed by atoms with Crippen molar-refractivity contribution in [1.82, 2.24) is 0 Å². The molecule has 0 saturated carbocycles. The van der Waals surface area contributed by atoms with Crippen LogP contribution in [0.5, 0.6) is 0 Å². The quantitative estimate of drug-likeness (QED) is 0.255. The predicted octanol–water partition coefficient (Wildman–Crippen LogP) is 4.03. The van der Waals surface area contributed by atoms with E-state index in [9.17, 15) is 0 Å². The average molecular weight is 704 g/mol. The fourth-order valence-electron chi connectivity index (χ4n) is 6.90. The van der Waals surface area contributed by atoms with Crippen LogP contribution in [0.15, 0.2) is 108 Å². The number of hydrogen-bond acceptors (Lipinski definition) is 0. The third-order valence-electron chi connectivity index (χ3n) is 8.62. The van der Waals surface area contributed by atoms with Crippen LogP contribution in [0.4, 0.5) is 0 Å². The van der Waals surface area contributed by atoms with Gasteiger partial charge in [-0.2, -0.15) is 0 Å². The Balaban J connectivity index is 0.00000185. The zero-order valence-corrected chi connectivity index (χ0v) is 30.2. The van der Waals surface area contributed by atoms with Crippen LogP contribution >= 0.6 is 0 Å². The first-order valence-electron chi connectivity index (χ1n) is 14.3. The second-order valence-corrected chi connectivity index (χ2v) is 44.2. The van der Waals surface area contributed by atoms with Gasteiger partial charge in [0.25, 0.3) is 0 Å². The molecule has 0 saturated heterocycles. The zero-order valence-electron chi connectivity index (χ0n) is 23.8. The van der Waals surface area contributed by atoms with E-state index in [4.69, 9.17) is 0 Å². The summed E-state index contributed by atoms with van der Waals surface area (Å²) in [5, 5.41) is 0. The van der Waals surface area contributed by atoms with E-state index in [1.54, 1.807) is 22.3 Å². The van der Waals surface area contributed by atoms with E-state index in [1.165, 1.54) is 46.2 Å². The van der Waals surface area contributed by atoms with Gasteiger partial charge >= 0.3 is 240 Å². The maximum atomic E-state index is 2.72. The molecule has 2 unspecified atom stereocenters. The molecule has 0 amide bonds. The van der Waals surface area contributed by atoms with Crippen molar-refractivity contribution in [3.8, 4) is 22.3 Å². The summed E-state index contributed by atoms with van der Waals surface area (Å²) in [6.07, 6.45) is 7.56. The number of hydrogen-bond donors (Lipinski definition) is 0. The van der Waals surface area contributed by atoms with Crippen molar-refractivity contribution in [2.75, 3.05) is 0 Å². The summed E-state index contributed by atoms with van der Waals surface area (Å²) in [6, 6.07) is 36.4. The van der Waals surface area contributed by atoms with Gasteiger partial charge in [0.2, 0.25) is 0 Å².